The minimum Gasteiger partial charge on any atom is -0.368 e. The Morgan fingerprint density at radius 3 is 2.39 bits per heavy atom. The van der Waals surface area contributed by atoms with Crippen LogP contribution in [0.15, 0.2) is 18.2 Å². The standard InChI is InChI=1S/C28H35F3N4O3/c29-28(30,31)27(12-13-27)16-32-18-6-8-19(9-7-18)34(14-17-4-5-17)22-3-1-2-20-21(22)15-35(26(20)38)23-10-11-24(36)33-25(23)37/h1-3,17-19,23,32H,4-16H2,(H,33,36,37). The van der Waals surface area contributed by atoms with E-state index in [-0.39, 0.29) is 49.7 Å². The monoisotopic (exact) mass is 532 g/mol. The van der Waals surface area contributed by atoms with Gasteiger partial charge in [-0.3, -0.25) is 19.7 Å². The molecule has 2 aliphatic heterocycles. The molecule has 7 nitrogen and oxygen atoms in total. The van der Waals surface area contributed by atoms with E-state index in [4.69, 9.17) is 0 Å². The van der Waals surface area contributed by atoms with E-state index in [0.29, 0.717) is 24.4 Å². The number of imide groups is 1. The van der Waals surface area contributed by atoms with E-state index in [1.54, 1.807) is 4.90 Å². The van der Waals surface area contributed by atoms with Crippen molar-refractivity contribution < 1.29 is 27.6 Å². The Labute approximate surface area is 220 Å². The van der Waals surface area contributed by atoms with Gasteiger partial charge in [-0.05, 0) is 75.8 Å². The summed E-state index contributed by atoms with van der Waals surface area (Å²) < 4.78 is 40.0. The summed E-state index contributed by atoms with van der Waals surface area (Å²) in [6.07, 6.45) is 2.67. The average Bonchev–Trinajstić information content (AvgIpc) is 3.81. The number of fused-ring (bicyclic) bond motifs is 1. The minimum absolute atomic E-state index is 0.0160. The Balaban J connectivity index is 1.15. The van der Waals surface area contributed by atoms with E-state index in [0.717, 1.165) is 43.5 Å². The number of hydrogen-bond acceptors (Lipinski definition) is 5. The number of halogens is 3. The van der Waals surface area contributed by atoms with Crippen molar-refractivity contribution in [3.8, 4) is 0 Å². The quantitative estimate of drug-likeness (QED) is 0.497. The SMILES string of the molecule is O=C1CCC(N2Cc3c(cccc3N(CC3CC3)C3CCC(NCC4(C(F)(F)F)CC4)CC3)C2=O)C(=O)N1. The Kier molecular flexibility index (Phi) is 6.44. The van der Waals surface area contributed by atoms with Crippen molar-refractivity contribution in [1.29, 1.82) is 0 Å². The number of anilines is 1. The summed E-state index contributed by atoms with van der Waals surface area (Å²) in [6, 6.07) is 5.49. The van der Waals surface area contributed by atoms with Gasteiger partial charge in [-0.15, -0.1) is 0 Å². The molecule has 5 aliphatic rings. The van der Waals surface area contributed by atoms with Crippen molar-refractivity contribution in [3.63, 3.8) is 0 Å². The zero-order valence-corrected chi connectivity index (χ0v) is 21.5. The molecule has 2 heterocycles. The van der Waals surface area contributed by atoms with Gasteiger partial charge < -0.3 is 15.1 Å². The molecule has 0 radical (unpaired) electrons. The van der Waals surface area contributed by atoms with Gasteiger partial charge in [0.05, 0.1) is 5.41 Å². The molecule has 3 amide bonds. The van der Waals surface area contributed by atoms with Crippen LogP contribution in [-0.2, 0) is 16.1 Å². The molecule has 10 heteroatoms. The highest BCUT2D eigenvalue weighted by Crippen LogP contribution is 2.57. The molecule has 1 unspecified atom stereocenters. The van der Waals surface area contributed by atoms with Gasteiger partial charge in [0.2, 0.25) is 11.8 Å². The van der Waals surface area contributed by atoms with Gasteiger partial charge >= 0.3 is 6.18 Å². The number of carbonyl (C=O) groups excluding carboxylic acids is 3. The van der Waals surface area contributed by atoms with Gasteiger partial charge in [-0.2, -0.15) is 13.2 Å². The molecule has 0 spiro atoms. The van der Waals surface area contributed by atoms with E-state index >= 15 is 0 Å². The van der Waals surface area contributed by atoms with E-state index < -0.39 is 23.5 Å². The Bertz CT molecular complexity index is 1120. The molecule has 1 saturated heterocycles. The van der Waals surface area contributed by atoms with Crippen LogP contribution in [0, 0.1) is 11.3 Å². The molecule has 0 bridgehead atoms. The fourth-order valence-electron chi connectivity index (χ4n) is 6.50. The molecule has 4 fully saturated rings. The molecule has 0 aromatic heterocycles. The van der Waals surface area contributed by atoms with Crippen LogP contribution in [0.3, 0.4) is 0 Å². The number of benzene rings is 1. The number of amides is 3. The van der Waals surface area contributed by atoms with Crippen LogP contribution in [0.1, 0.15) is 80.1 Å². The van der Waals surface area contributed by atoms with Crippen molar-refractivity contribution in [3.05, 3.63) is 29.3 Å². The Morgan fingerprint density at radius 1 is 1.03 bits per heavy atom. The molecular formula is C28H35F3N4O3. The summed E-state index contributed by atoms with van der Waals surface area (Å²) >= 11 is 0. The topological polar surface area (TPSA) is 81.8 Å². The minimum atomic E-state index is -4.13. The van der Waals surface area contributed by atoms with Crippen molar-refractivity contribution in [2.24, 2.45) is 11.3 Å². The fourth-order valence-corrected chi connectivity index (χ4v) is 6.50. The fraction of sp³-hybridized carbons (Fsp3) is 0.679. The second-order valence-corrected chi connectivity index (χ2v) is 12.0. The second-order valence-electron chi connectivity index (χ2n) is 12.0. The summed E-state index contributed by atoms with van der Waals surface area (Å²) in [7, 11) is 0. The van der Waals surface area contributed by atoms with Crippen LogP contribution in [-0.4, -0.2) is 60.0 Å². The summed E-state index contributed by atoms with van der Waals surface area (Å²) in [5.41, 5.74) is 1.06. The first kappa shape index (κ1) is 25.6. The number of nitrogens with zero attached hydrogens (tertiary/aromatic N) is 2. The van der Waals surface area contributed by atoms with Gasteiger partial charge in [-0.25, -0.2) is 0 Å². The summed E-state index contributed by atoms with van der Waals surface area (Å²) in [5, 5.41) is 5.59. The second kappa shape index (κ2) is 9.54. The lowest BCUT2D eigenvalue weighted by molar-refractivity contribution is -0.186. The first-order valence-electron chi connectivity index (χ1n) is 14.0. The summed E-state index contributed by atoms with van der Waals surface area (Å²) in [4.78, 5) is 41.5. The van der Waals surface area contributed by atoms with Crippen LogP contribution in [0.2, 0.25) is 0 Å². The average molecular weight is 533 g/mol. The Morgan fingerprint density at radius 2 is 1.76 bits per heavy atom. The maximum atomic E-state index is 13.3. The number of rotatable bonds is 8. The highest BCUT2D eigenvalue weighted by molar-refractivity contribution is 6.06. The van der Waals surface area contributed by atoms with Crippen molar-refractivity contribution >= 4 is 23.4 Å². The predicted molar refractivity (Wildman–Crippen MR) is 134 cm³/mol. The number of nitrogens with one attached hydrogen (secondary N) is 2. The first-order chi connectivity index (χ1) is 18.1. The molecular weight excluding hydrogens is 497 g/mol. The number of piperidine rings is 1. The van der Waals surface area contributed by atoms with E-state index in [2.05, 4.69) is 21.6 Å². The molecule has 1 aromatic rings. The van der Waals surface area contributed by atoms with Crippen LogP contribution >= 0.6 is 0 Å². The zero-order chi connectivity index (χ0) is 26.7. The van der Waals surface area contributed by atoms with Gasteiger partial charge in [0.25, 0.3) is 5.91 Å². The normalized spacial score (nSPS) is 28.8. The number of carbonyl (C=O) groups is 3. The van der Waals surface area contributed by atoms with Gasteiger partial charge in [0.1, 0.15) is 6.04 Å². The molecule has 3 aliphatic carbocycles. The summed E-state index contributed by atoms with van der Waals surface area (Å²) in [5.74, 6) is -0.272. The van der Waals surface area contributed by atoms with Crippen molar-refractivity contribution in [1.82, 2.24) is 15.5 Å². The number of alkyl halides is 3. The maximum absolute atomic E-state index is 13.3. The predicted octanol–water partition coefficient (Wildman–Crippen LogP) is 3.91. The third kappa shape index (κ3) is 4.80. The molecule has 2 N–H and O–H groups in total. The van der Waals surface area contributed by atoms with Crippen LogP contribution in [0.4, 0.5) is 18.9 Å². The first-order valence-corrected chi connectivity index (χ1v) is 14.0. The molecule has 206 valence electrons. The molecule has 1 aromatic carbocycles. The highest BCUT2D eigenvalue weighted by Gasteiger charge is 2.62. The van der Waals surface area contributed by atoms with Crippen LogP contribution < -0.4 is 15.5 Å². The maximum Gasteiger partial charge on any atom is 0.395 e. The van der Waals surface area contributed by atoms with Gasteiger partial charge in [0.15, 0.2) is 0 Å². The number of hydrogen-bond donors (Lipinski definition) is 2. The largest absolute Gasteiger partial charge is 0.395 e. The van der Waals surface area contributed by atoms with Gasteiger partial charge in [0, 0.05) is 55.0 Å². The lowest BCUT2D eigenvalue weighted by Gasteiger charge is -2.40. The van der Waals surface area contributed by atoms with Gasteiger partial charge in [-0.1, -0.05) is 6.07 Å². The molecule has 38 heavy (non-hydrogen) atoms. The van der Waals surface area contributed by atoms with Crippen molar-refractivity contribution in [2.45, 2.75) is 95.1 Å². The Hall–Kier alpha value is -2.62. The smallest absolute Gasteiger partial charge is 0.368 e. The van der Waals surface area contributed by atoms with E-state index in [9.17, 15) is 27.6 Å². The molecule has 6 rings (SSSR count). The third-order valence-corrected chi connectivity index (χ3v) is 9.34. The lowest BCUT2D eigenvalue weighted by Crippen LogP contribution is -2.52. The zero-order valence-electron chi connectivity index (χ0n) is 21.5. The lowest BCUT2D eigenvalue weighted by atomic mass is 9.88. The molecule has 3 saturated carbocycles. The van der Waals surface area contributed by atoms with Crippen LogP contribution in [0.5, 0.6) is 0 Å². The van der Waals surface area contributed by atoms with E-state index in [1.165, 1.54) is 12.8 Å². The summed E-state index contributed by atoms with van der Waals surface area (Å²) in [6.45, 7) is 1.26. The van der Waals surface area contributed by atoms with Crippen LogP contribution in [0.25, 0.3) is 0 Å². The third-order valence-electron chi connectivity index (χ3n) is 9.34. The van der Waals surface area contributed by atoms with Crippen molar-refractivity contribution in [2.75, 3.05) is 18.0 Å². The van der Waals surface area contributed by atoms with E-state index in [1.807, 2.05) is 12.1 Å². The molecule has 1 atom stereocenters. The highest BCUT2D eigenvalue weighted by atomic mass is 19.4.